The minimum absolute atomic E-state index is 1.03. The van der Waals surface area contributed by atoms with Gasteiger partial charge in [0.1, 0.15) is 0 Å². The number of rotatable bonds is 4. The van der Waals surface area contributed by atoms with Crippen molar-refractivity contribution < 1.29 is 0 Å². The molecule has 1 aliphatic carbocycles. The van der Waals surface area contributed by atoms with Crippen LogP contribution >= 0.6 is 15.9 Å². The van der Waals surface area contributed by atoms with Crippen molar-refractivity contribution in [3.05, 3.63) is 33.4 Å². The lowest BCUT2D eigenvalue weighted by molar-refractivity contribution is 0.737. The molecule has 0 unspecified atom stereocenters. The Morgan fingerprint density at radius 2 is 2.17 bits per heavy atom. The number of hydrogen-bond acceptors (Lipinski definition) is 0. The first-order chi connectivity index (χ1) is 8.63. The Labute approximate surface area is 120 Å². The van der Waals surface area contributed by atoms with E-state index >= 15 is 0 Å². The molecule has 0 saturated heterocycles. The molecule has 1 rings (SSSR count). The SMILES string of the molecule is CCCCCC#C/C(C)=C/C1=C(C)C=C(Br)CC1. The Balaban J connectivity index is 2.58. The van der Waals surface area contributed by atoms with Gasteiger partial charge in [-0.2, -0.15) is 0 Å². The molecule has 0 aromatic heterocycles. The molecule has 0 atom stereocenters. The highest BCUT2D eigenvalue weighted by Crippen LogP contribution is 2.28. The molecule has 0 saturated carbocycles. The third-order valence-corrected chi connectivity index (χ3v) is 3.72. The topological polar surface area (TPSA) is 0 Å². The van der Waals surface area contributed by atoms with Gasteiger partial charge in [0, 0.05) is 6.42 Å². The van der Waals surface area contributed by atoms with E-state index in [4.69, 9.17) is 0 Å². The molecule has 0 aliphatic heterocycles. The second kappa shape index (κ2) is 8.38. The van der Waals surface area contributed by atoms with Crippen LogP contribution in [0.4, 0.5) is 0 Å². The van der Waals surface area contributed by atoms with Crippen LogP contribution in [0.5, 0.6) is 0 Å². The largest absolute Gasteiger partial charge is 0.0982 e. The molecular weight excluding hydrogens is 284 g/mol. The molecule has 0 spiro atoms. The quantitative estimate of drug-likeness (QED) is 0.447. The van der Waals surface area contributed by atoms with E-state index in [0.29, 0.717) is 0 Å². The average Bonchev–Trinajstić information content (AvgIpc) is 2.32. The Kier molecular flexibility index (Phi) is 7.13. The van der Waals surface area contributed by atoms with Crippen LogP contribution in [0.1, 0.15) is 59.3 Å². The second-order valence-electron chi connectivity index (χ2n) is 4.89. The third-order valence-electron chi connectivity index (χ3n) is 3.09. The number of unbranched alkanes of at least 4 members (excludes halogenated alkanes) is 3. The van der Waals surface area contributed by atoms with Crippen LogP contribution in [-0.4, -0.2) is 0 Å². The highest BCUT2D eigenvalue weighted by atomic mass is 79.9. The summed E-state index contributed by atoms with van der Waals surface area (Å²) in [5.41, 5.74) is 3.98. The lowest BCUT2D eigenvalue weighted by Gasteiger charge is -2.12. The Hall–Kier alpha value is -0.740. The minimum Gasteiger partial charge on any atom is -0.0982 e. The maximum absolute atomic E-state index is 3.57. The third kappa shape index (κ3) is 5.74. The van der Waals surface area contributed by atoms with E-state index in [1.807, 2.05) is 0 Å². The zero-order chi connectivity index (χ0) is 13.4. The summed E-state index contributed by atoms with van der Waals surface area (Å²) in [6, 6.07) is 0. The van der Waals surface area contributed by atoms with E-state index in [0.717, 1.165) is 19.3 Å². The van der Waals surface area contributed by atoms with Crippen LogP contribution in [0.3, 0.4) is 0 Å². The second-order valence-corrected chi connectivity index (χ2v) is 5.90. The van der Waals surface area contributed by atoms with E-state index in [1.165, 1.54) is 40.5 Å². The summed E-state index contributed by atoms with van der Waals surface area (Å²) >= 11 is 3.57. The van der Waals surface area contributed by atoms with Crippen molar-refractivity contribution in [2.75, 3.05) is 0 Å². The van der Waals surface area contributed by atoms with E-state index in [2.05, 4.69) is 60.7 Å². The summed E-state index contributed by atoms with van der Waals surface area (Å²) in [4.78, 5) is 0. The minimum atomic E-state index is 1.03. The number of halogens is 1. The van der Waals surface area contributed by atoms with Crippen molar-refractivity contribution in [1.82, 2.24) is 0 Å². The van der Waals surface area contributed by atoms with Crippen molar-refractivity contribution in [3.8, 4) is 11.8 Å². The van der Waals surface area contributed by atoms with Gasteiger partial charge in [-0.1, -0.05) is 47.5 Å². The highest BCUT2D eigenvalue weighted by molar-refractivity contribution is 9.11. The van der Waals surface area contributed by atoms with Gasteiger partial charge in [0.05, 0.1) is 0 Å². The van der Waals surface area contributed by atoms with Crippen LogP contribution in [0.15, 0.2) is 33.4 Å². The van der Waals surface area contributed by atoms with E-state index < -0.39 is 0 Å². The fourth-order valence-corrected chi connectivity index (χ4v) is 2.54. The summed E-state index contributed by atoms with van der Waals surface area (Å²) in [5.74, 6) is 6.53. The molecule has 98 valence electrons. The maximum atomic E-state index is 3.57. The Morgan fingerprint density at radius 3 is 2.83 bits per heavy atom. The van der Waals surface area contributed by atoms with Gasteiger partial charge in [-0.3, -0.25) is 0 Å². The summed E-state index contributed by atoms with van der Waals surface area (Å²) in [6.45, 7) is 6.51. The van der Waals surface area contributed by atoms with Crippen LogP contribution in [-0.2, 0) is 0 Å². The number of allylic oxidation sites excluding steroid dienone is 6. The Bertz CT molecular complexity index is 424. The summed E-state index contributed by atoms with van der Waals surface area (Å²) in [6.07, 6.45) is 11.5. The van der Waals surface area contributed by atoms with Crippen LogP contribution in [0.2, 0.25) is 0 Å². The van der Waals surface area contributed by atoms with E-state index in [1.54, 1.807) is 0 Å². The maximum Gasteiger partial charge on any atom is 0.00923 e. The summed E-state index contributed by atoms with van der Waals surface area (Å²) in [7, 11) is 0. The molecule has 0 fully saturated rings. The zero-order valence-electron chi connectivity index (χ0n) is 11.8. The molecular formula is C17H23Br. The first kappa shape index (κ1) is 15.3. The molecule has 0 aromatic carbocycles. The first-order valence-corrected chi connectivity index (χ1v) is 7.65. The number of hydrogen-bond donors (Lipinski definition) is 0. The van der Waals surface area contributed by atoms with Crippen LogP contribution < -0.4 is 0 Å². The van der Waals surface area contributed by atoms with Crippen molar-refractivity contribution in [3.63, 3.8) is 0 Å². The monoisotopic (exact) mass is 306 g/mol. The predicted octanol–water partition coefficient (Wildman–Crippen LogP) is 5.91. The lowest BCUT2D eigenvalue weighted by atomic mass is 9.97. The van der Waals surface area contributed by atoms with Gasteiger partial charge >= 0.3 is 0 Å². The van der Waals surface area contributed by atoms with Crippen LogP contribution in [0, 0.1) is 11.8 Å². The normalized spacial score (nSPS) is 16.2. The molecule has 0 aromatic rings. The molecule has 18 heavy (non-hydrogen) atoms. The highest BCUT2D eigenvalue weighted by Gasteiger charge is 2.06. The smallest absolute Gasteiger partial charge is 0.00923 e. The summed E-state index contributed by atoms with van der Waals surface area (Å²) in [5, 5.41) is 0. The van der Waals surface area contributed by atoms with Gasteiger partial charge in [0.25, 0.3) is 0 Å². The van der Waals surface area contributed by atoms with Gasteiger partial charge in [-0.25, -0.2) is 0 Å². The van der Waals surface area contributed by atoms with E-state index in [9.17, 15) is 0 Å². The molecule has 0 N–H and O–H groups in total. The van der Waals surface area contributed by atoms with Gasteiger partial charge in [-0.15, -0.1) is 0 Å². The fraction of sp³-hybridized carbons (Fsp3) is 0.529. The standard InChI is InChI=1S/C17H23Br/c1-4-5-6-7-8-9-14(2)12-16-10-11-17(18)13-15(16)3/h12-13H,4-7,10-11H2,1-3H3/b14-12+. The van der Waals surface area contributed by atoms with Crippen molar-refractivity contribution in [2.24, 2.45) is 0 Å². The van der Waals surface area contributed by atoms with E-state index in [-0.39, 0.29) is 0 Å². The molecule has 0 nitrogen and oxygen atoms in total. The fourth-order valence-electron chi connectivity index (χ4n) is 2.00. The molecule has 1 heteroatoms. The van der Waals surface area contributed by atoms with Crippen molar-refractivity contribution in [2.45, 2.75) is 59.3 Å². The lowest BCUT2D eigenvalue weighted by Crippen LogP contribution is -1.92. The molecule has 0 radical (unpaired) electrons. The zero-order valence-corrected chi connectivity index (χ0v) is 13.4. The van der Waals surface area contributed by atoms with Crippen molar-refractivity contribution >= 4 is 15.9 Å². The van der Waals surface area contributed by atoms with Gasteiger partial charge < -0.3 is 0 Å². The molecule has 0 heterocycles. The summed E-state index contributed by atoms with van der Waals surface area (Å²) < 4.78 is 1.31. The predicted molar refractivity (Wildman–Crippen MR) is 84.6 cm³/mol. The van der Waals surface area contributed by atoms with Crippen molar-refractivity contribution in [1.29, 1.82) is 0 Å². The molecule has 0 bridgehead atoms. The first-order valence-electron chi connectivity index (χ1n) is 6.86. The van der Waals surface area contributed by atoms with Crippen LogP contribution in [0.25, 0.3) is 0 Å². The van der Waals surface area contributed by atoms with Gasteiger partial charge in [0.2, 0.25) is 0 Å². The molecule has 1 aliphatic rings. The van der Waals surface area contributed by atoms with Gasteiger partial charge in [-0.05, 0) is 66.5 Å². The average molecular weight is 307 g/mol. The van der Waals surface area contributed by atoms with Gasteiger partial charge in [0.15, 0.2) is 0 Å². The molecule has 0 amide bonds. The Morgan fingerprint density at radius 1 is 1.39 bits per heavy atom.